The molecule has 4 aromatic rings. The van der Waals surface area contributed by atoms with Crippen LogP contribution in [0.5, 0.6) is 0 Å². The number of rotatable bonds is 3. The van der Waals surface area contributed by atoms with Crippen LogP contribution >= 0.6 is 11.6 Å². The summed E-state index contributed by atoms with van der Waals surface area (Å²) >= 11 is 6.81. The molecule has 0 N–H and O–H groups in total. The highest BCUT2D eigenvalue weighted by atomic mass is 35.5. The molecule has 1 saturated heterocycles. The number of carbonyl (C=O) groups is 3. The summed E-state index contributed by atoms with van der Waals surface area (Å²) < 4.78 is 14.3. The van der Waals surface area contributed by atoms with Crippen molar-refractivity contribution in [3.8, 4) is 0 Å². The number of benzene rings is 4. The Balaban J connectivity index is 1.56. The molecule has 0 bridgehead atoms. The van der Waals surface area contributed by atoms with Crippen molar-refractivity contribution < 1.29 is 18.8 Å². The van der Waals surface area contributed by atoms with Gasteiger partial charge < -0.3 is 4.90 Å². The topological polar surface area (TPSA) is 54.5 Å². The molecule has 1 fully saturated rings. The third-order valence-electron chi connectivity index (χ3n) is 8.61. The molecule has 1 aliphatic carbocycles. The maximum Gasteiger partial charge on any atom is 0.185 e. The van der Waals surface area contributed by atoms with Crippen molar-refractivity contribution in [2.24, 2.45) is 5.41 Å². The average molecular weight is 548 g/mol. The lowest BCUT2D eigenvalue weighted by Gasteiger charge is -2.37. The monoisotopic (exact) mass is 547 g/mol. The molecule has 4 nitrogen and oxygen atoms in total. The summed E-state index contributed by atoms with van der Waals surface area (Å²) in [6, 6.07) is 23.8. The van der Waals surface area contributed by atoms with E-state index >= 15 is 0 Å². The van der Waals surface area contributed by atoms with Crippen LogP contribution < -0.4 is 4.90 Å². The molecule has 40 heavy (non-hydrogen) atoms. The summed E-state index contributed by atoms with van der Waals surface area (Å²) in [6.07, 6.45) is 3.52. The van der Waals surface area contributed by atoms with Gasteiger partial charge >= 0.3 is 0 Å². The summed E-state index contributed by atoms with van der Waals surface area (Å²) in [5.41, 5.74) is 2.19. The van der Waals surface area contributed by atoms with Crippen LogP contribution in [0.2, 0.25) is 5.02 Å². The van der Waals surface area contributed by atoms with E-state index < -0.39 is 29.2 Å². The standard InChI is InChI=1S/C34H23ClFNO3/c1-19-10-12-20(13-11-19)31(38)30-29(25-8-4-5-9-26(25)35)34(32(39)23-6-2-3-7-24(23)33(34)40)28-17-14-21-18-22(36)15-16-27(21)37(28)30/h2-18,28-30H,1H3/t28-,29+,30-/m0/s1. The highest BCUT2D eigenvalue weighted by Gasteiger charge is 2.71. The van der Waals surface area contributed by atoms with E-state index in [2.05, 4.69) is 0 Å². The van der Waals surface area contributed by atoms with Gasteiger partial charge in [-0.05, 0) is 36.8 Å². The van der Waals surface area contributed by atoms with Gasteiger partial charge in [-0.25, -0.2) is 4.39 Å². The molecule has 0 amide bonds. The SMILES string of the molecule is Cc1ccc(C(=O)[C@@H]2[C@@H](c3ccccc3Cl)C3(C(=O)c4ccccc4C3=O)[C@@H]3C=Cc4cc(F)ccc4N23)cc1. The zero-order chi connectivity index (χ0) is 27.8. The second-order valence-electron chi connectivity index (χ2n) is 10.7. The summed E-state index contributed by atoms with van der Waals surface area (Å²) in [5.74, 6) is -2.23. The molecule has 1 spiro atoms. The van der Waals surface area contributed by atoms with Crippen LogP contribution in [0.3, 0.4) is 0 Å². The average Bonchev–Trinajstić information content (AvgIpc) is 3.39. The Kier molecular flexibility index (Phi) is 5.45. The predicted molar refractivity (Wildman–Crippen MR) is 153 cm³/mol. The van der Waals surface area contributed by atoms with E-state index in [-0.39, 0.29) is 17.3 Å². The van der Waals surface area contributed by atoms with Crippen LogP contribution in [0.4, 0.5) is 10.1 Å². The van der Waals surface area contributed by atoms with Crippen LogP contribution in [0, 0.1) is 18.2 Å². The Bertz CT molecular complexity index is 1740. The molecule has 4 aromatic carbocycles. The zero-order valence-electron chi connectivity index (χ0n) is 21.5. The maximum atomic E-state index is 14.6. The van der Waals surface area contributed by atoms with Crippen molar-refractivity contribution in [2.75, 3.05) is 4.90 Å². The first-order valence-electron chi connectivity index (χ1n) is 13.1. The fraction of sp³-hybridized carbons (Fsp3) is 0.147. The number of Topliss-reactive ketones (excluding diaryl/α,β-unsaturated/α-hetero) is 3. The number of hydrogen-bond donors (Lipinski definition) is 0. The van der Waals surface area contributed by atoms with Gasteiger partial charge in [0.1, 0.15) is 17.3 Å². The predicted octanol–water partition coefficient (Wildman–Crippen LogP) is 7.10. The quantitative estimate of drug-likeness (QED) is 0.203. The van der Waals surface area contributed by atoms with Gasteiger partial charge in [0, 0.05) is 38.9 Å². The number of hydrogen-bond acceptors (Lipinski definition) is 4. The summed E-state index contributed by atoms with van der Waals surface area (Å²) in [6.45, 7) is 1.94. The molecule has 0 unspecified atom stereocenters. The Morgan fingerprint density at radius 1 is 0.875 bits per heavy atom. The van der Waals surface area contributed by atoms with Gasteiger partial charge in [-0.1, -0.05) is 96.0 Å². The van der Waals surface area contributed by atoms with Gasteiger partial charge in [0.15, 0.2) is 17.3 Å². The first-order chi connectivity index (χ1) is 19.3. The number of halogens is 2. The molecule has 3 aliphatic rings. The summed E-state index contributed by atoms with van der Waals surface area (Å²) in [4.78, 5) is 45.7. The Morgan fingerprint density at radius 3 is 2.20 bits per heavy atom. The highest BCUT2D eigenvalue weighted by Crippen LogP contribution is 2.61. The van der Waals surface area contributed by atoms with E-state index in [0.717, 1.165) is 5.56 Å². The molecular formula is C34H23ClFNO3. The molecule has 0 radical (unpaired) electrons. The fourth-order valence-electron chi connectivity index (χ4n) is 6.91. The van der Waals surface area contributed by atoms with E-state index in [1.165, 1.54) is 12.1 Å². The number of aryl methyl sites for hydroxylation is 1. The molecule has 2 aliphatic heterocycles. The molecule has 0 saturated carbocycles. The van der Waals surface area contributed by atoms with Gasteiger partial charge in [0.2, 0.25) is 0 Å². The van der Waals surface area contributed by atoms with Gasteiger partial charge in [0.05, 0.1) is 6.04 Å². The summed E-state index contributed by atoms with van der Waals surface area (Å²) in [7, 11) is 0. The van der Waals surface area contributed by atoms with Crippen molar-refractivity contribution in [3.63, 3.8) is 0 Å². The van der Waals surface area contributed by atoms with Crippen molar-refractivity contribution in [1.82, 2.24) is 0 Å². The fourth-order valence-corrected chi connectivity index (χ4v) is 7.16. The zero-order valence-corrected chi connectivity index (χ0v) is 22.2. The second kappa shape index (κ2) is 8.83. The van der Waals surface area contributed by atoms with Gasteiger partial charge in [-0.2, -0.15) is 0 Å². The number of carbonyl (C=O) groups excluding carboxylic acids is 3. The molecule has 196 valence electrons. The van der Waals surface area contributed by atoms with E-state index in [0.29, 0.717) is 38.5 Å². The van der Waals surface area contributed by atoms with E-state index in [1.807, 2.05) is 24.0 Å². The lowest BCUT2D eigenvalue weighted by molar-refractivity contribution is 0.0666. The van der Waals surface area contributed by atoms with Crippen molar-refractivity contribution >= 4 is 40.7 Å². The minimum absolute atomic E-state index is 0.242. The first-order valence-corrected chi connectivity index (χ1v) is 13.5. The largest absolute Gasteiger partial charge is 0.352 e. The number of nitrogens with zero attached hydrogens (tertiary/aromatic N) is 1. The van der Waals surface area contributed by atoms with Crippen LogP contribution in [-0.2, 0) is 0 Å². The molecular weight excluding hydrogens is 525 g/mol. The van der Waals surface area contributed by atoms with Crippen LogP contribution in [-0.4, -0.2) is 29.4 Å². The van der Waals surface area contributed by atoms with E-state index in [4.69, 9.17) is 11.6 Å². The van der Waals surface area contributed by atoms with Gasteiger partial charge in [-0.15, -0.1) is 0 Å². The minimum atomic E-state index is -1.65. The summed E-state index contributed by atoms with van der Waals surface area (Å²) in [5, 5.41) is 0.369. The van der Waals surface area contributed by atoms with E-state index in [9.17, 15) is 18.8 Å². The minimum Gasteiger partial charge on any atom is -0.352 e. The number of fused-ring (bicyclic) bond motifs is 5. The van der Waals surface area contributed by atoms with Crippen molar-refractivity contribution in [1.29, 1.82) is 0 Å². The van der Waals surface area contributed by atoms with E-state index in [1.54, 1.807) is 78.9 Å². The second-order valence-corrected chi connectivity index (χ2v) is 11.1. The third-order valence-corrected chi connectivity index (χ3v) is 8.95. The van der Waals surface area contributed by atoms with Gasteiger partial charge in [0.25, 0.3) is 0 Å². The van der Waals surface area contributed by atoms with Gasteiger partial charge in [-0.3, -0.25) is 14.4 Å². The van der Waals surface area contributed by atoms with Crippen LogP contribution in [0.15, 0.2) is 97.1 Å². The highest BCUT2D eigenvalue weighted by molar-refractivity contribution is 6.34. The number of anilines is 1. The lowest BCUT2D eigenvalue weighted by atomic mass is 9.64. The molecule has 2 heterocycles. The molecule has 3 atom stereocenters. The van der Waals surface area contributed by atoms with Crippen LogP contribution in [0.25, 0.3) is 6.08 Å². The van der Waals surface area contributed by atoms with Crippen LogP contribution in [0.1, 0.15) is 53.7 Å². The van der Waals surface area contributed by atoms with Crippen molar-refractivity contribution in [3.05, 3.63) is 141 Å². The first kappa shape index (κ1) is 24.7. The number of ketones is 3. The molecule has 6 heteroatoms. The molecule has 7 rings (SSSR count). The third kappa shape index (κ3) is 3.21. The smallest absolute Gasteiger partial charge is 0.185 e. The Hall–Kier alpha value is -4.35. The normalized spacial score (nSPS) is 21.9. The van der Waals surface area contributed by atoms with Crippen molar-refractivity contribution in [2.45, 2.75) is 24.9 Å². The molecule has 0 aromatic heterocycles. The maximum absolute atomic E-state index is 14.6. The lowest BCUT2D eigenvalue weighted by Crippen LogP contribution is -2.48. The Morgan fingerprint density at radius 2 is 1.52 bits per heavy atom. The Labute approximate surface area is 235 Å².